The van der Waals surface area contributed by atoms with Crippen LogP contribution in [0.1, 0.15) is 11.1 Å². The number of pyridine rings is 1. The number of rotatable bonds is 5. The van der Waals surface area contributed by atoms with Crippen molar-refractivity contribution >= 4 is 10.9 Å². The van der Waals surface area contributed by atoms with Crippen LogP contribution in [0.4, 0.5) is 0 Å². The van der Waals surface area contributed by atoms with Crippen molar-refractivity contribution < 1.29 is 0 Å². The molecule has 2 aliphatic rings. The largest absolute Gasteiger partial charge is 0.342 e. The fourth-order valence-electron chi connectivity index (χ4n) is 4.29. The van der Waals surface area contributed by atoms with Gasteiger partial charge in [0.25, 0.3) is 5.56 Å². The topological polar surface area (TPSA) is 57.6 Å². The summed E-state index contributed by atoms with van der Waals surface area (Å²) in [5.41, 5.74) is 5.57. The van der Waals surface area contributed by atoms with Crippen molar-refractivity contribution in [2.75, 3.05) is 0 Å². The van der Waals surface area contributed by atoms with Crippen molar-refractivity contribution in [1.29, 1.82) is 0 Å². The predicted octanol–water partition coefficient (Wildman–Crippen LogP) is 4.59. The molecule has 0 amide bonds. The third-order valence-corrected chi connectivity index (χ3v) is 5.93. The van der Waals surface area contributed by atoms with Crippen LogP contribution in [-0.4, -0.2) is 24.1 Å². The number of hydrogen-bond acceptors (Lipinski definition) is 3. The van der Waals surface area contributed by atoms with Gasteiger partial charge < -0.3 is 4.57 Å². The lowest BCUT2D eigenvalue weighted by atomic mass is 10.1. The molecule has 2 aliphatic heterocycles. The molecular weight excluding hydrogens is 410 g/mol. The summed E-state index contributed by atoms with van der Waals surface area (Å²) in [5, 5.41) is 9.97. The monoisotopic (exact) mass is 431 g/mol. The van der Waals surface area contributed by atoms with Gasteiger partial charge in [0.05, 0.1) is 23.3 Å². The smallest absolute Gasteiger partial charge is 0.278 e. The Balaban J connectivity index is 1.42. The average molecular weight is 431 g/mol. The highest BCUT2D eigenvalue weighted by Gasteiger charge is 2.20. The van der Waals surface area contributed by atoms with Gasteiger partial charge in [0.1, 0.15) is 5.69 Å². The van der Waals surface area contributed by atoms with Gasteiger partial charge in [-0.1, -0.05) is 60.7 Å². The van der Waals surface area contributed by atoms with E-state index in [0.29, 0.717) is 18.7 Å². The molecular formula is C27H21N5O. The highest BCUT2D eigenvalue weighted by Crippen LogP contribution is 2.28. The molecule has 0 radical (unpaired) electrons. The van der Waals surface area contributed by atoms with Crippen molar-refractivity contribution in [3.05, 3.63) is 125 Å². The van der Waals surface area contributed by atoms with Crippen LogP contribution in [0, 0.1) is 0 Å². The van der Waals surface area contributed by atoms with Crippen LogP contribution in [0.2, 0.25) is 0 Å². The van der Waals surface area contributed by atoms with Gasteiger partial charge in [-0.3, -0.25) is 4.79 Å². The minimum Gasteiger partial charge on any atom is -0.342 e. The summed E-state index contributed by atoms with van der Waals surface area (Å²) >= 11 is 0. The first kappa shape index (κ1) is 19.3. The molecule has 4 aromatic rings. The van der Waals surface area contributed by atoms with Crippen molar-refractivity contribution in [2.24, 2.45) is 0 Å². The lowest BCUT2D eigenvalue weighted by Gasteiger charge is -2.14. The third kappa shape index (κ3) is 3.51. The Hall–Kier alpha value is -4.45. The maximum atomic E-state index is 13.2. The highest BCUT2D eigenvalue weighted by molar-refractivity contribution is 5.93. The summed E-state index contributed by atoms with van der Waals surface area (Å²) in [6.45, 7) is 1.11. The summed E-state index contributed by atoms with van der Waals surface area (Å²) in [6, 6.07) is 28.3. The Morgan fingerprint density at radius 3 is 2.30 bits per heavy atom. The molecule has 0 bridgehead atoms. The second-order valence-corrected chi connectivity index (χ2v) is 8.10. The van der Waals surface area contributed by atoms with Gasteiger partial charge in [0, 0.05) is 30.5 Å². The van der Waals surface area contributed by atoms with Gasteiger partial charge in [-0.25, -0.2) is 9.36 Å². The fraction of sp³-hybridized carbons (Fsp3) is 0.0741. The first-order valence-corrected chi connectivity index (χ1v) is 10.9. The first-order valence-electron chi connectivity index (χ1n) is 10.9. The standard InChI is InChI=1S/C27H21N5O/c33-27-24-19-30(17-21-11-13-22(14-12-21)31-16-6-15-28-31)25-10-5-4-9-23(25)26(24)29-32(27)18-20-7-2-1-3-8-20/h1-16,19H,17-18H2. The second kappa shape index (κ2) is 7.91. The number of aromatic nitrogens is 5. The molecule has 0 unspecified atom stereocenters. The maximum Gasteiger partial charge on any atom is 0.278 e. The Bertz CT molecular complexity index is 1560. The van der Waals surface area contributed by atoms with E-state index in [1.807, 2.05) is 71.7 Å². The van der Waals surface area contributed by atoms with Gasteiger partial charge in [-0.2, -0.15) is 10.2 Å². The van der Waals surface area contributed by atoms with Gasteiger partial charge in [0.15, 0.2) is 0 Å². The van der Waals surface area contributed by atoms with Crippen LogP contribution < -0.4 is 5.56 Å². The van der Waals surface area contributed by atoms with Crippen molar-refractivity contribution in [1.82, 2.24) is 24.1 Å². The van der Waals surface area contributed by atoms with Crippen LogP contribution in [0.15, 0.2) is 108 Å². The third-order valence-electron chi connectivity index (χ3n) is 5.93. The first-order chi connectivity index (χ1) is 16.3. The molecule has 3 heterocycles. The summed E-state index contributed by atoms with van der Waals surface area (Å²) in [6.07, 6.45) is 5.63. The molecule has 0 fully saturated rings. The SMILES string of the molecule is O=c1c2cn(Cc3ccc(-n4cccn4)cc3)c3ccccc3c-2nn1Cc1ccccc1. The molecule has 6 heteroatoms. The Kier molecular flexibility index (Phi) is 4.61. The van der Waals surface area contributed by atoms with E-state index in [1.54, 1.807) is 10.9 Å². The Morgan fingerprint density at radius 1 is 0.758 bits per heavy atom. The summed E-state index contributed by atoms with van der Waals surface area (Å²) in [4.78, 5) is 13.2. The maximum absolute atomic E-state index is 13.2. The molecule has 0 atom stereocenters. The van der Waals surface area contributed by atoms with Crippen molar-refractivity contribution in [3.63, 3.8) is 0 Å². The molecule has 0 spiro atoms. The van der Waals surface area contributed by atoms with Crippen LogP contribution in [0.25, 0.3) is 27.8 Å². The zero-order valence-electron chi connectivity index (χ0n) is 17.9. The number of hydrogen-bond donors (Lipinski definition) is 0. The zero-order chi connectivity index (χ0) is 22.2. The highest BCUT2D eigenvalue weighted by atomic mass is 16.1. The zero-order valence-corrected chi connectivity index (χ0v) is 17.9. The molecule has 0 saturated heterocycles. The molecule has 3 aromatic carbocycles. The molecule has 6 rings (SSSR count). The van der Waals surface area contributed by atoms with E-state index in [1.165, 1.54) is 0 Å². The molecule has 1 aromatic heterocycles. The van der Waals surface area contributed by atoms with E-state index >= 15 is 0 Å². The van der Waals surface area contributed by atoms with E-state index in [9.17, 15) is 4.79 Å². The molecule has 6 nitrogen and oxygen atoms in total. The Labute approximate surface area is 190 Å². The minimum atomic E-state index is -0.0672. The van der Waals surface area contributed by atoms with Crippen LogP contribution in [-0.2, 0) is 13.1 Å². The number of benzene rings is 3. The molecule has 33 heavy (non-hydrogen) atoms. The number of para-hydroxylation sites is 1. The normalized spacial score (nSPS) is 11.4. The average Bonchev–Trinajstić information content (AvgIpc) is 3.50. The second-order valence-electron chi connectivity index (χ2n) is 8.10. The lowest BCUT2D eigenvalue weighted by molar-refractivity contribution is 0.670. The Morgan fingerprint density at radius 2 is 1.52 bits per heavy atom. The van der Waals surface area contributed by atoms with Crippen LogP contribution >= 0.6 is 0 Å². The summed E-state index contributed by atoms with van der Waals surface area (Å²) < 4.78 is 5.54. The molecule has 160 valence electrons. The lowest BCUT2D eigenvalue weighted by Crippen LogP contribution is -2.17. The quantitative estimate of drug-likeness (QED) is 0.401. The van der Waals surface area contributed by atoms with Crippen LogP contribution in [0.5, 0.6) is 0 Å². The summed E-state index contributed by atoms with van der Waals surface area (Å²) in [5.74, 6) is 0. The molecule has 0 saturated carbocycles. The van der Waals surface area contributed by atoms with Crippen molar-refractivity contribution in [3.8, 4) is 16.9 Å². The fourth-order valence-corrected chi connectivity index (χ4v) is 4.29. The van der Waals surface area contributed by atoms with E-state index < -0.39 is 0 Å². The minimum absolute atomic E-state index is 0.0672. The predicted molar refractivity (Wildman–Crippen MR) is 129 cm³/mol. The van der Waals surface area contributed by atoms with Gasteiger partial charge >= 0.3 is 0 Å². The van der Waals surface area contributed by atoms with E-state index in [2.05, 4.69) is 40.0 Å². The van der Waals surface area contributed by atoms with E-state index in [-0.39, 0.29) is 5.56 Å². The number of nitrogens with zero attached hydrogens (tertiary/aromatic N) is 5. The number of fused-ring (bicyclic) bond motifs is 3. The van der Waals surface area contributed by atoms with Crippen LogP contribution in [0.3, 0.4) is 0 Å². The van der Waals surface area contributed by atoms with Gasteiger partial charge in [-0.05, 0) is 35.4 Å². The molecule has 0 N–H and O–H groups in total. The van der Waals surface area contributed by atoms with Gasteiger partial charge in [0.2, 0.25) is 0 Å². The molecule has 0 aliphatic carbocycles. The van der Waals surface area contributed by atoms with E-state index in [0.717, 1.165) is 33.4 Å². The van der Waals surface area contributed by atoms with Gasteiger partial charge in [-0.15, -0.1) is 0 Å². The summed E-state index contributed by atoms with van der Waals surface area (Å²) in [7, 11) is 0. The van der Waals surface area contributed by atoms with E-state index in [4.69, 9.17) is 5.10 Å². The van der Waals surface area contributed by atoms with Crippen molar-refractivity contribution in [2.45, 2.75) is 13.1 Å².